The number of para-hydroxylation sites is 2. The Morgan fingerprint density at radius 2 is 0.532 bits per heavy atom. The van der Waals surface area contributed by atoms with Crippen LogP contribution in [0.3, 0.4) is 0 Å². The van der Waals surface area contributed by atoms with Crippen molar-refractivity contribution in [1.82, 2.24) is 9.13 Å². The lowest BCUT2D eigenvalue weighted by Gasteiger charge is -2.16. The Kier molecular flexibility index (Phi) is 8.53. The van der Waals surface area contributed by atoms with Gasteiger partial charge in [-0.25, -0.2) is 0 Å². The van der Waals surface area contributed by atoms with Crippen LogP contribution in [0.1, 0.15) is 0 Å². The molecule has 0 fully saturated rings. The van der Waals surface area contributed by atoms with Gasteiger partial charge in [0.05, 0.1) is 22.1 Å². The molecule has 2 aromatic heterocycles. The average molecular weight is 789 g/mol. The molecule has 12 aromatic rings. The van der Waals surface area contributed by atoms with Gasteiger partial charge in [0, 0.05) is 32.9 Å². The van der Waals surface area contributed by atoms with Crippen molar-refractivity contribution in [3.63, 3.8) is 0 Å². The minimum Gasteiger partial charge on any atom is -0.309 e. The van der Waals surface area contributed by atoms with Crippen molar-refractivity contribution >= 4 is 43.6 Å². The lowest BCUT2D eigenvalue weighted by molar-refractivity contribution is 1.18. The number of hydrogen-bond acceptors (Lipinski definition) is 0. The molecule has 0 amide bonds. The summed E-state index contributed by atoms with van der Waals surface area (Å²) in [6, 6.07) is 88.4. The molecule has 2 heteroatoms. The van der Waals surface area contributed by atoms with Crippen LogP contribution in [-0.4, -0.2) is 9.13 Å². The second-order valence-electron chi connectivity index (χ2n) is 16.0. The first-order valence-electron chi connectivity index (χ1n) is 21.4. The summed E-state index contributed by atoms with van der Waals surface area (Å²) in [5.74, 6) is 0. The summed E-state index contributed by atoms with van der Waals surface area (Å²) in [6.07, 6.45) is 0. The Morgan fingerprint density at radius 1 is 0.210 bits per heavy atom. The number of aromatic nitrogens is 2. The van der Waals surface area contributed by atoms with E-state index in [0.29, 0.717) is 0 Å². The van der Waals surface area contributed by atoms with E-state index in [1.54, 1.807) is 0 Å². The van der Waals surface area contributed by atoms with Crippen molar-refractivity contribution in [2.45, 2.75) is 0 Å². The van der Waals surface area contributed by atoms with Gasteiger partial charge in [0.25, 0.3) is 0 Å². The summed E-state index contributed by atoms with van der Waals surface area (Å²) >= 11 is 0. The van der Waals surface area contributed by atoms with Crippen molar-refractivity contribution in [2.24, 2.45) is 0 Å². The molecule has 0 unspecified atom stereocenters. The fraction of sp³-hybridized carbons (Fsp3) is 0. The molecule has 0 radical (unpaired) electrons. The van der Waals surface area contributed by atoms with Gasteiger partial charge in [-0.2, -0.15) is 0 Å². The van der Waals surface area contributed by atoms with Crippen LogP contribution in [-0.2, 0) is 0 Å². The van der Waals surface area contributed by atoms with Gasteiger partial charge in [0.1, 0.15) is 0 Å². The van der Waals surface area contributed by atoms with Crippen LogP contribution in [0.4, 0.5) is 0 Å². The van der Waals surface area contributed by atoms with Gasteiger partial charge < -0.3 is 9.13 Å². The molecule has 0 bridgehead atoms. The minimum absolute atomic E-state index is 1.13. The van der Waals surface area contributed by atoms with E-state index in [4.69, 9.17) is 0 Å². The van der Waals surface area contributed by atoms with Crippen molar-refractivity contribution in [2.75, 3.05) is 0 Å². The molecule has 10 aromatic carbocycles. The molecular weight excluding hydrogens is 749 g/mol. The van der Waals surface area contributed by atoms with Crippen molar-refractivity contribution in [3.8, 4) is 67.0 Å². The molecule has 0 atom stereocenters. The molecule has 2 heterocycles. The van der Waals surface area contributed by atoms with Crippen LogP contribution in [0.5, 0.6) is 0 Å². The van der Waals surface area contributed by atoms with E-state index in [1.807, 2.05) is 0 Å². The molecule has 12 rings (SSSR count). The Hall–Kier alpha value is -8.20. The van der Waals surface area contributed by atoms with Gasteiger partial charge in [-0.15, -0.1) is 0 Å². The Labute approximate surface area is 360 Å². The predicted octanol–water partition coefficient (Wildman–Crippen LogP) is 16.2. The Morgan fingerprint density at radius 3 is 0.919 bits per heavy atom. The summed E-state index contributed by atoms with van der Waals surface area (Å²) in [4.78, 5) is 0. The van der Waals surface area contributed by atoms with E-state index >= 15 is 0 Å². The zero-order valence-electron chi connectivity index (χ0n) is 34.0. The first-order valence-corrected chi connectivity index (χ1v) is 21.4. The molecule has 0 aliphatic rings. The van der Waals surface area contributed by atoms with Gasteiger partial charge in [-0.05, 0) is 104 Å². The van der Waals surface area contributed by atoms with Gasteiger partial charge >= 0.3 is 0 Å². The number of fused-ring (bicyclic) bond motifs is 6. The van der Waals surface area contributed by atoms with Crippen molar-refractivity contribution in [1.29, 1.82) is 0 Å². The Balaban J connectivity index is 1.09. The number of benzene rings is 10. The van der Waals surface area contributed by atoms with Gasteiger partial charge in [0.2, 0.25) is 0 Å². The second kappa shape index (κ2) is 14.8. The highest BCUT2D eigenvalue weighted by atomic mass is 15.0. The quantitative estimate of drug-likeness (QED) is 0.152. The van der Waals surface area contributed by atoms with Crippen LogP contribution in [0, 0.1) is 0 Å². The minimum atomic E-state index is 1.13. The summed E-state index contributed by atoms with van der Waals surface area (Å²) in [6.45, 7) is 0. The van der Waals surface area contributed by atoms with Gasteiger partial charge in [0.15, 0.2) is 0 Å². The van der Waals surface area contributed by atoms with Gasteiger partial charge in [-0.1, -0.05) is 194 Å². The predicted molar refractivity (Wildman–Crippen MR) is 262 cm³/mol. The SMILES string of the molecule is c1ccc(-c2ccc(-n3c4ccccc4c4c(-c5cccc6c5c5ccccc5n6-c5ccc(-c6ccccc6)c(-c6ccccc6)c5)cccc43)cc2-c2ccccc2)cc1. The van der Waals surface area contributed by atoms with Crippen LogP contribution in [0.25, 0.3) is 111 Å². The third-order valence-corrected chi connectivity index (χ3v) is 12.5. The van der Waals surface area contributed by atoms with Crippen LogP contribution in [0.2, 0.25) is 0 Å². The molecule has 0 spiro atoms. The van der Waals surface area contributed by atoms with Crippen molar-refractivity contribution in [3.05, 3.63) is 243 Å². The molecule has 2 nitrogen and oxygen atoms in total. The second-order valence-corrected chi connectivity index (χ2v) is 16.0. The number of hydrogen-bond donors (Lipinski definition) is 0. The summed E-state index contributed by atoms with van der Waals surface area (Å²) in [5, 5.41) is 4.96. The topological polar surface area (TPSA) is 9.86 Å². The molecule has 0 aliphatic carbocycles. The van der Waals surface area contributed by atoms with Crippen molar-refractivity contribution < 1.29 is 0 Å². The highest BCUT2D eigenvalue weighted by molar-refractivity contribution is 6.22. The van der Waals surface area contributed by atoms with Gasteiger partial charge in [-0.3, -0.25) is 0 Å². The summed E-state index contributed by atoms with van der Waals surface area (Å²) < 4.78 is 4.91. The number of nitrogens with zero attached hydrogens (tertiary/aromatic N) is 2. The van der Waals surface area contributed by atoms with E-state index in [2.05, 4.69) is 252 Å². The fourth-order valence-electron chi connectivity index (χ4n) is 9.84. The van der Waals surface area contributed by atoms with E-state index in [9.17, 15) is 0 Å². The summed E-state index contributed by atoms with van der Waals surface area (Å²) in [7, 11) is 0. The molecule has 0 N–H and O–H groups in total. The van der Waals surface area contributed by atoms with E-state index in [0.717, 1.165) is 11.4 Å². The van der Waals surface area contributed by atoms with Crippen LogP contribution in [0.15, 0.2) is 243 Å². The lowest BCUT2D eigenvalue weighted by atomic mass is 9.94. The third-order valence-electron chi connectivity index (χ3n) is 12.5. The van der Waals surface area contributed by atoms with E-state index in [-0.39, 0.29) is 0 Å². The zero-order valence-corrected chi connectivity index (χ0v) is 34.0. The maximum atomic E-state index is 2.46. The van der Waals surface area contributed by atoms with Crippen LogP contribution < -0.4 is 0 Å². The summed E-state index contributed by atoms with van der Waals surface area (Å²) in [5.41, 5.74) is 19.1. The highest BCUT2D eigenvalue weighted by Crippen LogP contribution is 2.45. The largest absolute Gasteiger partial charge is 0.309 e. The molecular formula is C60H40N2. The molecule has 0 saturated heterocycles. The zero-order chi connectivity index (χ0) is 41.0. The van der Waals surface area contributed by atoms with E-state index < -0.39 is 0 Å². The lowest BCUT2D eigenvalue weighted by Crippen LogP contribution is -1.96. The first kappa shape index (κ1) is 35.7. The third kappa shape index (κ3) is 5.80. The monoisotopic (exact) mass is 788 g/mol. The highest BCUT2D eigenvalue weighted by Gasteiger charge is 2.22. The molecule has 0 saturated carbocycles. The molecule has 62 heavy (non-hydrogen) atoms. The fourth-order valence-corrected chi connectivity index (χ4v) is 9.84. The smallest absolute Gasteiger partial charge is 0.0547 e. The maximum Gasteiger partial charge on any atom is 0.0547 e. The molecule has 290 valence electrons. The first-order chi connectivity index (χ1) is 30.8. The average Bonchev–Trinajstić information content (AvgIpc) is 3.88. The Bertz CT molecular complexity index is 3360. The van der Waals surface area contributed by atoms with Crippen LogP contribution >= 0.6 is 0 Å². The number of rotatable bonds is 7. The molecule has 0 aliphatic heterocycles. The maximum absolute atomic E-state index is 2.46. The standard InChI is InChI=1S/C60H40N2/c1-5-19-41(20-6-1)47-37-35-45(39-53(47)43-23-9-3-10-24-43)61-55-31-15-13-27-51(55)59-49(29-17-33-57(59)61)50-30-18-34-58-60(50)52-28-14-16-32-56(52)62(58)46-36-38-48(42-21-7-2-8-22-42)54(40-46)44-25-11-4-12-26-44/h1-40H. The van der Waals surface area contributed by atoms with E-state index in [1.165, 1.54) is 99.2 Å². The normalized spacial score (nSPS) is 11.5.